The number of carbonyl (C=O) groups excluding carboxylic acids is 1. The van der Waals surface area contributed by atoms with Crippen LogP contribution in [0.15, 0.2) is 0 Å². The highest BCUT2D eigenvalue weighted by Crippen LogP contribution is 2.51. The fraction of sp³-hybridized carbons (Fsp3) is 0.947. The zero-order valence-corrected chi connectivity index (χ0v) is 17.3. The van der Waals surface area contributed by atoms with Crippen molar-refractivity contribution in [3.8, 4) is 0 Å². The molecule has 156 valence electrons. The van der Waals surface area contributed by atoms with Crippen LogP contribution in [0.2, 0.25) is 0 Å². The molecule has 0 aliphatic heterocycles. The van der Waals surface area contributed by atoms with Gasteiger partial charge in [-0.15, -0.1) is 0 Å². The Bertz CT molecular complexity index is 332. The van der Waals surface area contributed by atoms with Gasteiger partial charge in [-0.3, -0.25) is 4.79 Å². The molecule has 6 nitrogen and oxygen atoms in total. The fourth-order valence-electron chi connectivity index (χ4n) is 2.96. The minimum atomic E-state index is -4.42. The lowest BCUT2D eigenvalue weighted by Crippen LogP contribution is -2.30. The third kappa shape index (κ3) is 15.0. The van der Waals surface area contributed by atoms with Crippen LogP contribution < -0.4 is 0 Å². The van der Waals surface area contributed by atoms with E-state index in [1.807, 2.05) is 0 Å². The first-order valence-corrected chi connectivity index (χ1v) is 12.0. The molecule has 0 saturated heterocycles. The molecule has 0 amide bonds. The lowest BCUT2D eigenvalue weighted by molar-refractivity contribution is -0.129. The van der Waals surface area contributed by atoms with E-state index in [2.05, 4.69) is 6.92 Å². The van der Waals surface area contributed by atoms with Crippen LogP contribution in [0.3, 0.4) is 0 Å². The Labute approximate surface area is 159 Å². The number of carbonyl (C=O) groups is 1. The SMILES string of the molecule is CCCCCCCCCCCCCCCCOC(C(=O)CO)[P+](O)(O)O. The van der Waals surface area contributed by atoms with Crippen molar-refractivity contribution in [2.45, 2.75) is 103 Å². The molecule has 26 heavy (non-hydrogen) atoms. The highest BCUT2D eigenvalue weighted by molar-refractivity contribution is 7.60. The number of ketones is 1. The first-order chi connectivity index (χ1) is 12.4. The average Bonchev–Trinajstić information content (AvgIpc) is 2.59. The van der Waals surface area contributed by atoms with Gasteiger partial charge >= 0.3 is 13.8 Å². The van der Waals surface area contributed by atoms with Gasteiger partial charge in [0.1, 0.15) is 6.61 Å². The van der Waals surface area contributed by atoms with Crippen molar-refractivity contribution in [3.05, 3.63) is 0 Å². The van der Waals surface area contributed by atoms with Gasteiger partial charge in [-0.25, -0.2) is 0 Å². The summed E-state index contributed by atoms with van der Waals surface area (Å²) in [4.78, 5) is 38.8. The maximum atomic E-state index is 11.3. The Morgan fingerprint density at radius 3 is 1.50 bits per heavy atom. The van der Waals surface area contributed by atoms with E-state index >= 15 is 0 Å². The molecule has 0 aliphatic rings. The van der Waals surface area contributed by atoms with Gasteiger partial charge in [0.15, 0.2) is 0 Å². The van der Waals surface area contributed by atoms with Gasteiger partial charge in [0.2, 0.25) is 5.78 Å². The van der Waals surface area contributed by atoms with Crippen molar-refractivity contribution < 1.29 is 29.3 Å². The monoisotopic (exact) mass is 395 g/mol. The Morgan fingerprint density at radius 2 is 1.15 bits per heavy atom. The molecule has 7 heteroatoms. The van der Waals surface area contributed by atoms with Gasteiger partial charge in [-0.2, -0.15) is 14.7 Å². The van der Waals surface area contributed by atoms with Gasteiger partial charge in [0, 0.05) is 0 Å². The van der Waals surface area contributed by atoms with Crippen LogP contribution in [0.4, 0.5) is 0 Å². The minimum Gasteiger partial charge on any atom is -0.388 e. The summed E-state index contributed by atoms with van der Waals surface area (Å²) in [6.07, 6.45) is 17.2. The zero-order chi connectivity index (χ0) is 19.7. The van der Waals surface area contributed by atoms with Crippen molar-refractivity contribution in [2.75, 3.05) is 13.2 Å². The maximum absolute atomic E-state index is 11.3. The quantitative estimate of drug-likeness (QED) is 0.194. The number of Topliss-reactive ketones (excluding diaryl/α,β-unsaturated/α-hetero) is 1. The molecule has 1 unspecified atom stereocenters. The van der Waals surface area contributed by atoms with Gasteiger partial charge in [-0.1, -0.05) is 90.4 Å². The van der Waals surface area contributed by atoms with Crippen LogP contribution in [0, 0.1) is 0 Å². The molecule has 0 fully saturated rings. The van der Waals surface area contributed by atoms with Crippen molar-refractivity contribution in [3.63, 3.8) is 0 Å². The number of aliphatic hydroxyl groups is 1. The van der Waals surface area contributed by atoms with Gasteiger partial charge in [0.05, 0.1) is 6.61 Å². The summed E-state index contributed by atoms with van der Waals surface area (Å²) in [5.41, 5.74) is 0. The van der Waals surface area contributed by atoms with Crippen molar-refractivity contribution in [1.29, 1.82) is 0 Å². The van der Waals surface area contributed by atoms with E-state index in [0.29, 0.717) is 6.42 Å². The summed E-state index contributed by atoms with van der Waals surface area (Å²) >= 11 is 0. The molecule has 0 aromatic rings. The van der Waals surface area contributed by atoms with E-state index in [9.17, 15) is 4.79 Å². The highest BCUT2D eigenvalue weighted by Gasteiger charge is 2.48. The topological polar surface area (TPSA) is 107 Å². The predicted molar refractivity (Wildman–Crippen MR) is 106 cm³/mol. The molecular weight excluding hydrogens is 355 g/mol. The summed E-state index contributed by atoms with van der Waals surface area (Å²) in [5, 5.41) is 8.75. The second-order valence-corrected chi connectivity index (χ2v) is 8.76. The summed E-state index contributed by atoms with van der Waals surface area (Å²) in [7, 11) is -4.42. The molecule has 4 N–H and O–H groups in total. The van der Waals surface area contributed by atoms with Crippen LogP contribution in [0.5, 0.6) is 0 Å². The Balaban J connectivity index is 3.41. The molecule has 1 atom stereocenters. The average molecular weight is 395 g/mol. The second kappa shape index (κ2) is 17.0. The number of hydrogen-bond acceptors (Lipinski definition) is 6. The molecule has 0 rings (SSSR count). The van der Waals surface area contributed by atoms with Gasteiger partial charge in [0.25, 0.3) is 0 Å². The molecule has 0 spiro atoms. The molecule has 0 aromatic heterocycles. The molecule has 0 saturated carbocycles. The number of hydrogen-bond donors (Lipinski definition) is 4. The Hall–Kier alpha value is -0.100. The number of ether oxygens (including phenoxy) is 1. The normalized spacial score (nSPS) is 13.1. The zero-order valence-electron chi connectivity index (χ0n) is 16.4. The second-order valence-electron chi connectivity index (χ2n) is 7.06. The molecular formula is C19H40O6P+. The van der Waals surface area contributed by atoms with E-state index in [0.717, 1.165) is 12.8 Å². The number of rotatable bonds is 19. The van der Waals surface area contributed by atoms with Crippen LogP contribution in [0.1, 0.15) is 96.8 Å². The van der Waals surface area contributed by atoms with Crippen molar-refractivity contribution in [1.82, 2.24) is 0 Å². The van der Waals surface area contributed by atoms with Crippen LogP contribution in [-0.4, -0.2) is 44.6 Å². The third-order valence-corrected chi connectivity index (χ3v) is 5.59. The minimum absolute atomic E-state index is 0.165. The molecule has 0 radical (unpaired) electrons. The predicted octanol–water partition coefficient (Wildman–Crippen LogP) is 4.11. The maximum Gasteiger partial charge on any atom is 0.443 e. The molecule has 0 aliphatic carbocycles. The van der Waals surface area contributed by atoms with E-state index in [1.54, 1.807) is 0 Å². The lowest BCUT2D eigenvalue weighted by atomic mass is 10.0. The van der Waals surface area contributed by atoms with E-state index in [1.165, 1.54) is 70.6 Å². The summed E-state index contributed by atoms with van der Waals surface area (Å²) < 4.78 is 5.06. The highest BCUT2D eigenvalue weighted by atomic mass is 31.2. The summed E-state index contributed by atoms with van der Waals surface area (Å²) in [6, 6.07) is 0. The number of aliphatic hydroxyl groups excluding tert-OH is 1. The van der Waals surface area contributed by atoms with Crippen LogP contribution >= 0.6 is 7.94 Å². The standard InChI is InChI=1S/C19H40O6P/c1-2-3-4-5-6-7-8-9-10-11-12-13-14-15-16-25-19(18(21)17-20)26(22,23)24/h19-20,22-24H,2-17H2,1H3/q+1. The van der Waals surface area contributed by atoms with Crippen molar-refractivity contribution in [2.24, 2.45) is 0 Å². The fourth-order valence-corrected chi connectivity index (χ4v) is 3.73. The molecule has 0 heterocycles. The first-order valence-electron chi connectivity index (χ1n) is 10.3. The third-order valence-electron chi connectivity index (χ3n) is 4.52. The largest absolute Gasteiger partial charge is 0.443 e. The van der Waals surface area contributed by atoms with Gasteiger partial charge < -0.3 is 9.84 Å². The number of unbranched alkanes of at least 4 members (excludes halogenated alkanes) is 13. The van der Waals surface area contributed by atoms with E-state index in [-0.39, 0.29) is 6.61 Å². The molecule has 0 bridgehead atoms. The van der Waals surface area contributed by atoms with E-state index in [4.69, 9.17) is 24.5 Å². The van der Waals surface area contributed by atoms with E-state index < -0.39 is 26.2 Å². The summed E-state index contributed by atoms with van der Waals surface area (Å²) in [6.45, 7) is 1.53. The van der Waals surface area contributed by atoms with Crippen LogP contribution in [-0.2, 0) is 9.53 Å². The summed E-state index contributed by atoms with van der Waals surface area (Å²) in [5.74, 6) is -2.62. The van der Waals surface area contributed by atoms with Gasteiger partial charge in [-0.05, 0) is 6.42 Å². The lowest BCUT2D eigenvalue weighted by Gasteiger charge is -2.15. The first kappa shape index (κ1) is 25.9. The Morgan fingerprint density at radius 1 is 0.769 bits per heavy atom. The smallest absolute Gasteiger partial charge is 0.388 e. The Kier molecular flexibility index (Phi) is 17.0. The van der Waals surface area contributed by atoms with Crippen LogP contribution in [0.25, 0.3) is 0 Å². The molecule has 0 aromatic carbocycles. The van der Waals surface area contributed by atoms with Crippen molar-refractivity contribution >= 4 is 13.7 Å².